The van der Waals surface area contributed by atoms with Gasteiger partial charge in [0.15, 0.2) is 11.6 Å². The minimum atomic E-state index is 0.493. The van der Waals surface area contributed by atoms with Gasteiger partial charge in [0.05, 0.1) is 29.3 Å². The van der Waals surface area contributed by atoms with Crippen LogP contribution in [0.1, 0.15) is 24.7 Å². The minimum absolute atomic E-state index is 0.493. The van der Waals surface area contributed by atoms with Crippen molar-refractivity contribution in [1.29, 1.82) is 0 Å². The Hall–Kier alpha value is -3.46. The van der Waals surface area contributed by atoms with Gasteiger partial charge in [0.2, 0.25) is 0 Å². The molecular weight excluding hydrogens is 404 g/mol. The number of pyridine rings is 1. The summed E-state index contributed by atoms with van der Waals surface area (Å²) >= 11 is 0. The van der Waals surface area contributed by atoms with Gasteiger partial charge in [-0.3, -0.25) is 14.6 Å². The summed E-state index contributed by atoms with van der Waals surface area (Å²) in [5.41, 5.74) is 4.78. The minimum Gasteiger partial charge on any atom is -0.488 e. The van der Waals surface area contributed by atoms with E-state index in [1.54, 1.807) is 12.4 Å². The fraction of sp³-hybridized carbons (Fsp3) is 0.391. The highest BCUT2D eigenvalue weighted by molar-refractivity contribution is 5.72. The van der Waals surface area contributed by atoms with Crippen LogP contribution in [-0.4, -0.2) is 60.0 Å². The van der Waals surface area contributed by atoms with Crippen molar-refractivity contribution in [3.63, 3.8) is 0 Å². The zero-order valence-corrected chi connectivity index (χ0v) is 18.9. The molecule has 0 bridgehead atoms. The highest BCUT2D eigenvalue weighted by Gasteiger charge is 2.27. The van der Waals surface area contributed by atoms with Crippen LogP contribution in [0.5, 0.6) is 5.75 Å². The summed E-state index contributed by atoms with van der Waals surface area (Å²) in [6, 6.07) is 6.61. The Labute approximate surface area is 187 Å². The van der Waals surface area contributed by atoms with Crippen molar-refractivity contribution in [1.82, 2.24) is 34.3 Å². The van der Waals surface area contributed by atoms with E-state index in [9.17, 15) is 0 Å². The summed E-state index contributed by atoms with van der Waals surface area (Å²) in [7, 11) is 1.94. The number of ether oxygens (including phenoxy) is 1. The molecule has 166 valence electrons. The first-order valence-corrected chi connectivity index (χ1v) is 11.0. The molecule has 1 fully saturated rings. The highest BCUT2D eigenvalue weighted by atomic mass is 16.5. The van der Waals surface area contributed by atoms with Gasteiger partial charge >= 0.3 is 0 Å². The van der Waals surface area contributed by atoms with Crippen molar-refractivity contribution in [3.8, 4) is 17.0 Å². The second-order valence-corrected chi connectivity index (χ2v) is 8.23. The number of fused-ring (bicyclic) bond motifs is 1. The van der Waals surface area contributed by atoms with E-state index in [0.29, 0.717) is 24.3 Å². The lowest BCUT2D eigenvalue weighted by Gasteiger charge is -2.39. The Bertz CT molecular complexity index is 1260. The number of hydrogen-bond donors (Lipinski definition) is 1. The van der Waals surface area contributed by atoms with Crippen LogP contribution in [0.15, 0.2) is 36.8 Å². The van der Waals surface area contributed by atoms with Gasteiger partial charge in [-0.2, -0.15) is 10.2 Å². The molecule has 9 heteroatoms. The molecule has 1 N–H and O–H groups in total. The fourth-order valence-electron chi connectivity index (χ4n) is 4.07. The summed E-state index contributed by atoms with van der Waals surface area (Å²) in [6.07, 6.45) is 6.66. The number of rotatable bonds is 7. The van der Waals surface area contributed by atoms with Crippen LogP contribution in [0.25, 0.3) is 16.8 Å². The predicted molar refractivity (Wildman–Crippen MR) is 123 cm³/mol. The molecule has 0 aromatic carbocycles. The Balaban J connectivity index is 1.38. The van der Waals surface area contributed by atoms with Gasteiger partial charge in [-0.15, -0.1) is 0 Å². The molecule has 5 rings (SSSR count). The van der Waals surface area contributed by atoms with Gasteiger partial charge < -0.3 is 10.1 Å². The SMILES string of the molecule is CCN1CC[C@H]1COc1cnn(C)c1-c1ccn2nc(Nc3cnc(C)c(C)n3)cc2c1. The molecule has 4 aromatic rings. The number of anilines is 2. The summed E-state index contributed by atoms with van der Waals surface area (Å²) < 4.78 is 9.89. The van der Waals surface area contributed by atoms with E-state index in [4.69, 9.17) is 4.74 Å². The molecule has 9 nitrogen and oxygen atoms in total. The van der Waals surface area contributed by atoms with Gasteiger partial charge in [-0.05, 0) is 38.9 Å². The van der Waals surface area contributed by atoms with E-state index in [-0.39, 0.29) is 0 Å². The van der Waals surface area contributed by atoms with Crippen molar-refractivity contribution in [3.05, 3.63) is 48.2 Å². The van der Waals surface area contributed by atoms with Crippen LogP contribution in [0.3, 0.4) is 0 Å². The maximum Gasteiger partial charge on any atom is 0.165 e. The average molecular weight is 433 g/mol. The highest BCUT2D eigenvalue weighted by Crippen LogP contribution is 2.31. The average Bonchev–Trinajstić information content (AvgIpc) is 3.32. The molecule has 1 atom stereocenters. The number of nitrogens with one attached hydrogen (secondary N) is 1. The standard InChI is InChI=1S/C23H28N8O/c1-5-30-8-7-18(30)14-32-20-12-25-29(4)23(20)17-6-9-31-19(10-17)11-21(28-31)27-22-13-24-15(2)16(3)26-22/h6,9-13,18H,5,7-8,14H2,1-4H3,(H,26,27,28)/t18-/m0/s1. The Morgan fingerprint density at radius 3 is 2.78 bits per heavy atom. The number of nitrogens with zero attached hydrogens (tertiary/aromatic N) is 7. The molecule has 4 aromatic heterocycles. The molecule has 1 saturated heterocycles. The van der Waals surface area contributed by atoms with E-state index < -0.39 is 0 Å². The quantitative estimate of drug-likeness (QED) is 0.479. The van der Waals surface area contributed by atoms with Crippen LogP contribution in [-0.2, 0) is 7.05 Å². The summed E-state index contributed by atoms with van der Waals surface area (Å²) in [6.45, 7) is 9.00. The molecule has 0 saturated carbocycles. The van der Waals surface area contributed by atoms with Crippen LogP contribution in [0.2, 0.25) is 0 Å². The molecule has 5 heterocycles. The van der Waals surface area contributed by atoms with Crippen LogP contribution in [0.4, 0.5) is 11.6 Å². The number of hydrogen-bond acceptors (Lipinski definition) is 7. The second kappa shape index (κ2) is 8.23. The van der Waals surface area contributed by atoms with Gasteiger partial charge in [0.1, 0.15) is 18.1 Å². The van der Waals surface area contributed by atoms with Gasteiger partial charge in [-0.1, -0.05) is 6.92 Å². The van der Waals surface area contributed by atoms with E-state index in [0.717, 1.165) is 47.0 Å². The van der Waals surface area contributed by atoms with Crippen molar-refractivity contribution in [2.75, 3.05) is 25.0 Å². The number of aromatic nitrogens is 6. The first-order chi connectivity index (χ1) is 15.5. The van der Waals surface area contributed by atoms with E-state index >= 15 is 0 Å². The van der Waals surface area contributed by atoms with E-state index in [2.05, 4.69) is 43.4 Å². The van der Waals surface area contributed by atoms with Crippen molar-refractivity contribution in [2.24, 2.45) is 7.05 Å². The summed E-state index contributed by atoms with van der Waals surface area (Å²) in [5, 5.41) is 12.3. The van der Waals surface area contributed by atoms with Crippen molar-refractivity contribution >= 4 is 17.2 Å². The maximum atomic E-state index is 6.19. The van der Waals surface area contributed by atoms with Crippen LogP contribution < -0.4 is 10.1 Å². The summed E-state index contributed by atoms with van der Waals surface area (Å²) in [4.78, 5) is 11.3. The third kappa shape index (κ3) is 3.80. The maximum absolute atomic E-state index is 6.19. The van der Waals surface area contributed by atoms with E-state index in [1.165, 1.54) is 6.42 Å². The lowest BCUT2D eigenvalue weighted by atomic mass is 10.0. The molecule has 32 heavy (non-hydrogen) atoms. The molecule has 1 aliphatic rings. The first-order valence-electron chi connectivity index (χ1n) is 11.0. The summed E-state index contributed by atoms with van der Waals surface area (Å²) in [5.74, 6) is 2.20. The van der Waals surface area contributed by atoms with Crippen molar-refractivity contribution < 1.29 is 4.74 Å². The van der Waals surface area contributed by atoms with Gasteiger partial charge in [0.25, 0.3) is 0 Å². The molecule has 0 amide bonds. The number of aryl methyl sites for hydroxylation is 3. The Morgan fingerprint density at radius 2 is 2.03 bits per heavy atom. The largest absolute Gasteiger partial charge is 0.488 e. The van der Waals surface area contributed by atoms with Crippen LogP contribution >= 0.6 is 0 Å². The number of likely N-dealkylation sites (tertiary alicyclic amines) is 1. The smallest absolute Gasteiger partial charge is 0.165 e. The molecule has 0 spiro atoms. The lowest BCUT2D eigenvalue weighted by Crippen LogP contribution is -2.50. The fourth-order valence-corrected chi connectivity index (χ4v) is 4.07. The van der Waals surface area contributed by atoms with Crippen LogP contribution in [0, 0.1) is 13.8 Å². The zero-order valence-electron chi connectivity index (χ0n) is 18.9. The first kappa shape index (κ1) is 20.4. The third-order valence-electron chi connectivity index (χ3n) is 6.19. The number of likely N-dealkylation sites (N-methyl/N-ethyl adjacent to an activating group) is 1. The monoisotopic (exact) mass is 432 g/mol. The Morgan fingerprint density at radius 1 is 1.16 bits per heavy atom. The second-order valence-electron chi connectivity index (χ2n) is 8.23. The van der Waals surface area contributed by atoms with Gasteiger partial charge in [-0.25, -0.2) is 9.50 Å². The predicted octanol–water partition coefficient (Wildman–Crippen LogP) is 3.36. The normalized spacial score (nSPS) is 16.3. The Kier molecular flexibility index (Phi) is 5.26. The molecule has 0 radical (unpaired) electrons. The molecular formula is C23H28N8O. The molecule has 0 aliphatic carbocycles. The molecule has 0 unspecified atom stereocenters. The zero-order chi connectivity index (χ0) is 22.2. The topological polar surface area (TPSA) is 85.4 Å². The van der Waals surface area contributed by atoms with Crippen molar-refractivity contribution in [2.45, 2.75) is 33.2 Å². The lowest BCUT2D eigenvalue weighted by molar-refractivity contribution is 0.0563. The third-order valence-corrected chi connectivity index (χ3v) is 6.19. The van der Waals surface area contributed by atoms with E-state index in [1.807, 2.05) is 48.4 Å². The van der Waals surface area contributed by atoms with Gasteiger partial charge in [0, 0.05) is 37.5 Å². The molecule has 1 aliphatic heterocycles.